The minimum atomic E-state index is -0.177. The molecule has 2 aromatic rings. The van der Waals surface area contributed by atoms with Crippen molar-refractivity contribution >= 4 is 5.91 Å². The van der Waals surface area contributed by atoms with E-state index in [1.807, 2.05) is 29.2 Å². The van der Waals surface area contributed by atoms with Gasteiger partial charge in [0.2, 0.25) is 5.91 Å². The van der Waals surface area contributed by atoms with Crippen molar-refractivity contribution in [3.05, 3.63) is 57.5 Å². The molecule has 2 heterocycles. The van der Waals surface area contributed by atoms with Crippen LogP contribution in [-0.2, 0) is 24.2 Å². The Hall–Kier alpha value is -2.63. The third-order valence-corrected chi connectivity index (χ3v) is 5.63. The van der Waals surface area contributed by atoms with Crippen molar-refractivity contribution in [1.29, 1.82) is 0 Å². The summed E-state index contributed by atoms with van der Waals surface area (Å²) in [6, 6.07) is 9.59. The van der Waals surface area contributed by atoms with Gasteiger partial charge in [-0.25, -0.2) is 4.68 Å². The summed E-state index contributed by atoms with van der Waals surface area (Å²) < 4.78 is 6.56. The molecule has 1 aromatic carbocycles. The molecule has 142 valence electrons. The molecule has 1 saturated heterocycles. The van der Waals surface area contributed by atoms with Crippen molar-refractivity contribution in [3.63, 3.8) is 0 Å². The zero-order valence-corrected chi connectivity index (χ0v) is 15.7. The first-order valence-corrected chi connectivity index (χ1v) is 9.69. The quantitative estimate of drug-likeness (QED) is 0.833. The van der Waals surface area contributed by atoms with Crippen LogP contribution in [0.3, 0.4) is 0 Å². The number of amides is 1. The molecule has 1 atom stereocenters. The summed E-state index contributed by atoms with van der Waals surface area (Å²) in [4.78, 5) is 27.2. The van der Waals surface area contributed by atoms with E-state index in [9.17, 15) is 9.59 Å². The smallest absolute Gasteiger partial charge is 0.267 e. The number of benzene rings is 1. The number of carbonyl (C=O) groups excluding carboxylic acids is 1. The molecule has 0 N–H and O–H groups in total. The monoisotopic (exact) mass is 367 g/mol. The zero-order chi connectivity index (χ0) is 18.8. The number of fused-ring (bicyclic) bond motifs is 1. The molecule has 1 amide bonds. The Kier molecular flexibility index (Phi) is 4.97. The summed E-state index contributed by atoms with van der Waals surface area (Å²) in [7, 11) is 1.64. The minimum Gasteiger partial charge on any atom is -0.497 e. The fraction of sp³-hybridized carbons (Fsp3) is 0.476. The Labute approximate surface area is 158 Å². The topological polar surface area (TPSA) is 64.4 Å². The van der Waals surface area contributed by atoms with Gasteiger partial charge in [0, 0.05) is 12.6 Å². The maximum absolute atomic E-state index is 12.9. The third kappa shape index (κ3) is 3.61. The van der Waals surface area contributed by atoms with E-state index in [0.29, 0.717) is 0 Å². The van der Waals surface area contributed by atoms with Gasteiger partial charge in [-0.1, -0.05) is 12.1 Å². The number of carbonyl (C=O) groups is 1. The molecule has 1 unspecified atom stereocenters. The van der Waals surface area contributed by atoms with Gasteiger partial charge in [-0.2, -0.15) is 5.10 Å². The van der Waals surface area contributed by atoms with Gasteiger partial charge in [0.05, 0.1) is 18.8 Å². The first kappa shape index (κ1) is 17.8. The summed E-state index contributed by atoms with van der Waals surface area (Å²) in [5, 5.41) is 4.48. The summed E-state index contributed by atoms with van der Waals surface area (Å²) >= 11 is 0. The van der Waals surface area contributed by atoms with Gasteiger partial charge in [0.25, 0.3) is 5.56 Å². The number of methoxy groups -OCH3 is 1. The average Bonchev–Trinajstić information content (AvgIpc) is 3.18. The molecule has 2 aliphatic rings. The molecule has 1 aromatic heterocycles. The van der Waals surface area contributed by atoms with Crippen LogP contribution in [0.2, 0.25) is 0 Å². The molecule has 1 fully saturated rings. The van der Waals surface area contributed by atoms with Gasteiger partial charge in [0.1, 0.15) is 12.3 Å². The molecule has 1 aliphatic heterocycles. The van der Waals surface area contributed by atoms with Crippen LogP contribution in [-0.4, -0.2) is 34.2 Å². The summed E-state index contributed by atoms with van der Waals surface area (Å²) in [6.45, 7) is 0.730. The van der Waals surface area contributed by atoms with Crippen LogP contribution in [0.5, 0.6) is 5.75 Å². The molecule has 0 saturated carbocycles. The van der Waals surface area contributed by atoms with Gasteiger partial charge in [-0.05, 0) is 61.8 Å². The van der Waals surface area contributed by atoms with E-state index >= 15 is 0 Å². The van der Waals surface area contributed by atoms with Gasteiger partial charge >= 0.3 is 0 Å². The molecule has 6 nitrogen and oxygen atoms in total. The molecule has 1 aliphatic carbocycles. The highest BCUT2D eigenvalue weighted by Crippen LogP contribution is 2.32. The predicted molar refractivity (Wildman–Crippen MR) is 102 cm³/mol. The van der Waals surface area contributed by atoms with E-state index in [0.717, 1.165) is 67.6 Å². The van der Waals surface area contributed by atoms with Crippen molar-refractivity contribution < 1.29 is 9.53 Å². The fourth-order valence-electron chi connectivity index (χ4n) is 4.17. The number of hydrogen-bond acceptors (Lipinski definition) is 4. The molecule has 27 heavy (non-hydrogen) atoms. The van der Waals surface area contributed by atoms with Crippen LogP contribution in [0.1, 0.15) is 48.5 Å². The van der Waals surface area contributed by atoms with Gasteiger partial charge < -0.3 is 9.64 Å². The maximum Gasteiger partial charge on any atom is 0.267 e. The van der Waals surface area contributed by atoms with Crippen LogP contribution < -0.4 is 10.3 Å². The SMILES string of the molecule is COc1ccc(C2CCCN2C(=O)Cn2nc3c(cc2=O)CCCC3)cc1. The number of likely N-dealkylation sites (tertiary alicyclic amines) is 1. The zero-order valence-electron chi connectivity index (χ0n) is 15.7. The predicted octanol–water partition coefficient (Wildman–Crippen LogP) is 2.49. The normalized spacial score (nSPS) is 19.0. The standard InChI is InChI=1S/C21H25N3O3/c1-27-17-10-8-15(9-11-17)19-7-4-12-23(19)21(26)14-24-20(25)13-16-5-2-3-6-18(16)22-24/h8-11,13,19H,2-7,12,14H2,1H3. The van der Waals surface area contributed by atoms with Crippen molar-refractivity contribution in [3.8, 4) is 5.75 Å². The minimum absolute atomic E-state index is 0.0127. The Morgan fingerprint density at radius 1 is 1.19 bits per heavy atom. The fourth-order valence-corrected chi connectivity index (χ4v) is 4.17. The molecular weight excluding hydrogens is 342 g/mol. The molecule has 0 spiro atoms. The van der Waals surface area contributed by atoms with Crippen LogP contribution in [0, 0.1) is 0 Å². The lowest BCUT2D eigenvalue weighted by molar-refractivity contribution is -0.133. The van der Waals surface area contributed by atoms with Gasteiger partial charge in [0.15, 0.2) is 0 Å². The van der Waals surface area contributed by atoms with Crippen molar-refractivity contribution in [2.45, 2.75) is 51.1 Å². The van der Waals surface area contributed by atoms with Crippen LogP contribution in [0.15, 0.2) is 35.1 Å². The average molecular weight is 367 g/mol. The largest absolute Gasteiger partial charge is 0.497 e. The van der Waals surface area contributed by atoms with Crippen molar-refractivity contribution in [2.24, 2.45) is 0 Å². The molecule has 0 radical (unpaired) electrons. The Morgan fingerprint density at radius 3 is 2.74 bits per heavy atom. The second-order valence-corrected chi connectivity index (χ2v) is 7.34. The lowest BCUT2D eigenvalue weighted by Crippen LogP contribution is -2.37. The lowest BCUT2D eigenvalue weighted by atomic mass is 9.97. The van der Waals surface area contributed by atoms with Crippen molar-refractivity contribution in [2.75, 3.05) is 13.7 Å². The highest BCUT2D eigenvalue weighted by molar-refractivity contribution is 5.76. The number of hydrogen-bond donors (Lipinski definition) is 0. The molecular formula is C21H25N3O3. The summed E-state index contributed by atoms with van der Waals surface area (Å²) in [5.41, 5.74) is 2.95. The number of aryl methyl sites for hydroxylation is 2. The molecule has 4 rings (SSSR count). The van der Waals surface area contributed by atoms with E-state index in [-0.39, 0.29) is 24.1 Å². The van der Waals surface area contributed by atoms with E-state index in [2.05, 4.69) is 5.10 Å². The third-order valence-electron chi connectivity index (χ3n) is 5.63. The Bertz CT molecular complexity index is 889. The molecule has 0 bridgehead atoms. The highest BCUT2D eigenvalue weighted by atomic mass is 16.5. The van der Waals surface area contributed by atoms with E-state index < -0.39 is 0 Å². The second-order valence-electron chi connectivity index (χ2n) is 7.34. The maximum atomic E-state index is 12.9. The Balaban J connectivity index is 1.52. The van der Waals surface area contributed by atoms with E-state index in [1.54, 1.807) is 13.2 Å². The van der Waals surface area contributed by atoms with Crippen LogP contribution >= 0.6 is 0 Å². The second kappa shape index (κ2) is 7.55. The number of aromatic nitrogens is 2. The lowest BCUT2D eigenvalue weighted by Gasteiger charge is -2.25. The van der Waals surface area contributed by atoms with Crippen LogP contribution in [0.25, 0.3) is 0 Å². The number of rotatable bonds is 4. The van der Waals surface area contributed by atoms with Gasteiger partial charge in [-0.15, -0.1) is 0 Å². The molecule has 6 heteroatoms. The van der Waals surface area contributed by atoms with E-state index in [1.165, 1.54) is 4.68 Å². The summed E-state index contributed by atoms with van der Waals surface area (Å²) in [6.07, 6.45) is 5.91. The Morgan fingerprint density at radius 2 is 1.96 bits per heavy atom. The number of ether oxygens (including phenoxy) is 1. The van der Waals surface area contributed by atoms with Gasteiger partial charge in [-0.3, -0.25) is 9.59 Å². The highest BCUT2D eigenvalue weighted by Gasteiger charge is 2.30. The van der Waals surface area contributed by atoms with Crippen LogP contribution in [0.4, 0.5) is 0 Å². The first-order valence-electron chi connectivity index (χ1n) is 9.69. The van der Waals surface area contributed by atoms with E-state index in [4.69, 9.17) is 4.74 Å². The summed E-state index contributed by atoms with van der Waals surface area (Å²) in [5.74, 6) is 0.762. The first-order chi connectivity index (χ1) is 13.2. The van der Waals surface area contributed by atoms with Crippen molar-refractivity contribution in [1.82, 2.24) is 14.7 Å². The number of nitrogens with zero attached hydrogens (tertiary/aromatic N) is 3.